The maximum atomic E-state index is 11.8. The molecule has 0 saturated heterocycles. The number of carbonyl (C=O) groups is 2. The largest absolute Gasteiger partial charge is 0.294 e. The third-order valence-corrected chi connectivity index (χ3v) is 2.91. The standard InChI is InChI=1S/C10H8N3O4/c14-7-3-4-8(15)9-5(7)1-2-6-10(9)11-12-13(6,16)17/h1-2,16-17H,3-4H2/q+1. The fourth-order valence-corrected chi connectivity index (χ4v) is 2.08. The van der Waals surface area contributed by atoms with E-state index in [1.807, 2.05) is 0 Å². The van der Waals surface area contributed by atoms with Gasteiger partial charge in [0.25, 0.3) is 5.69 Å². The first-order valence-electron chi connectivity index (χ1n) is 5.02. The summed E-state index contributed by atoms with van der Waals surface area (Å²) in [4.78, 5) is 21.7. The van der Waals surface area contributed by atoms with Gasteiger partial charge in [0.15, 0.2) is 17.3 Å². The third-order valence-electron chi connectivity index (χ3n) is 2.91. The minimum absolute atomic E-state index is 0.0215. The molecule has 0 atom stereocenters. The van der Waals surface area contributed by atoms with Gasteiger partial charge in [-0.15, -0.1) is 10.4 Å². The van der Waals surface area contributed by atoms with Crippen molar-refractivity contribution in [3.05, 3.63) is 23.3 Å². The molecule has 1 aliphatic heterocycles. The predicted octanol–water partition coefficient (Wildman–Crippen LogP) is 1.94. The molecule has 0 aromatic heterocycles. The van der Waals surface area contributed by atoms with E-state index in [9.17, 15) is 20.0 Å². The zero-order valence-corrected chi connectivity index (χ0v) is 8.62. The summed E-state index contributed by atoms with van der Waals surface area (Å²) in [7, 11) is 0. The highest BCUT2D eigenvalue weighted by molar-refractivity contribution is 6.17. The first kappa shape index (κ1) is 10.2. The van der Waals surface area contributed by atoms with Crippen LogP contribution in [0.4, 0.5) is 11.4 Å². The van der Waals surface area contributed by atoms with Gasteiger partial charge >= 0.3 is 0 Å². The summed E-state index contributed by atoms with van der Waals surface area (Å²) in [5, 5.41) is 25.7. The number of hydrogen-bond acceptors (Lipinski definition) is 6. The van der Waals surface area contributed by atoms with Crippen molar-refractivity contribution in [2.75, 3.05) is 0 Å². The number of ketones is 2. The van der Waals surface area contributed by atoms with Crippen molar-refractivity contribution < 1.29 is 20.0 Å². The molecule has 1 heterocycles. The third kappa shape index (κ3) is 1.27. The zero-order valence-electron chi connectivity index (χ0n) is 8.62. The molecule has 0 spiro atoms. The summed E-state index contributed by atoms with van der Waals surface area (Å²) < 4.78 is 0. The second-order valence-corrected chi connectivity index (χ2v) is 3.96. The van der Waals surface area contributed by atoms with Gasteiger partial charge in [0.2, 0.25) is 0 Å². The summed E-state index contributed by atoms with van der Waals surface area (Å²) in [6.07, 6.45) is 0.300. The highest BCUT2D eigenvalue weighted by Gasteiger charge is 2.42. The van der Waals surface area contributed by atoms with Crippen molar-refractivity contribution in [1.82, 2.24) is 4.92 Å². The molecular weight excluding hydrogens is 226 g/mol. The quantitative estimate of drug-likeness (QED) is 0.670. The maximum absolute atomic E-state index is 11.8. The lowest BCUT2D eigenvalue weighted by Gasteiger charge is -2.15. The highest BCUT2D eigenvalue weighted by atomic mass is 16.9. The number of nitrogens with zero attached hydrogens (tertiary/aromatic N) is 3. The fraction of sp³-hybridized carbons (Fsp3) is 0.200. The van der Waals surface area contributed by atoms with E-state index in [1.165, 1.54) is 12.1 Å². The molecule has 3 rings (SSSR count). The van der Waals surface area contributed by atoms with E-state index in [1.54, 1.807) is 0 Å². The Morgan fingerprint density at radius 2 is 1.82 bits per heavy atom. The Labute approximate surface area is 95.1 Å². The van der Waals surface area contributed by atoms with Crippen LogP contribution >= 0.6 is 0 Å². The first-order chi connectivity index (χ1) is 8.00. The topological polar surface area (TPSA) is 99.3 Å². The van der Waals surface area contributed by atoms with E-state index in [0.717, 1.165) is 0 Å². The molecule has 0 saturated carbocycles. The van der Waals surface area contributed by atoms with Gasteiger partial charge in [-0.3, -0.25) is 9.59 Å². The predicted molar refractivity (Wildman–Crippen MR) is 54.2 cm³/mol. The second kappa shape index (κ2) is 3.04. The molecule has 0 fully saturated rings. The van der Waals surface area contributed by atoms with Gasteiger partial charge < -0.3 is 0 Å². The Morgan fingerprint density at radius 1 is 1.12 bits per heavy atom. The molecular formula is C10H8N3O4+. The molecule has 1 aliphatic carbocycles. The van der Waals surface area contributed by atoms with Crippen molar-refractivity contribution in [3.8, 4) is 0 Å². The summed E-state index contributed by atoms with van der Waals surface area (Å²) in [5.41, 5.74) is 0.476. The number of fused-ring (bicyclic) bond motifs is 3. The second-order valence-electron chi connectivity index (χ2n) is 3.96. The molecule has 2 N–H and O–H groups in total. The molecule has 7 nitrogen and oxygen atoms in total. The van der Waals surface area contributed by atoms with Gasteiger partial charge in [-0.05, 0) is 6.07 Å². The Balaban J connectivity index is 2.32. The van der Waals surface area contributed by atoms with Gasteiger partial charge in [0.05, 0.1) is 5.56 Å². The van der Waals surface area contributed by atoms with Crippen LogP contribution in [0.25, 0.3) is 0 Å². The summed E-state index contributed by atoms with van der Waals surface area (Å²) >= 11 is 0. The van der Waals surface area contributed by atoms with Gasteiger partial charge in [-0.25, -0.2) is 0 Å². The smallest absolute Gasteiger partial charge is 0.260 e. The van der Waals surface area contributed by atoms with Crippen molar-refractivity contribution in [2.24, 2.45) is 10.3 Å². The minimum atomic E-state index is -1.73. The number of quaternary nitrogens is 1. The molecule has 17 heavy (non-hydrogen) atoms. The van der Waals surface area contributed by atoms with Gasteiger partial charge in [-0.1, -0.05) is 5.11 Å². The zero-order chi connectivity index (χ0) is 12.2. The van der Waals surface area contributed by atoms with Crippen LogP contribution in [0.2, 0.25) is 0 Å². The van der Waals surface area contributed by atoms with Crippen molar-refractivity contribution >= 4 is 22.9 Å². The monoisotopic (exact) mass is 234 g/mol. The van der Waals surface area contributed by atoms with Crippen molar-refractivity contribution in [1.29, 1.82) is 0 Å². The molecule has 1 aromatic rings. The van der Waals surface area contributed by atoms with Crippen LogP contribution in [0.3, 0.4) is 0 Å². The van der Waals surface area contributed by atoms with E-state index in [4.69, 9.17) is 0 Å². The lowest BCUT2D eigenvalue weighted by molar-refractivity contribution is -0.292. The number of hydrogen-bond donors (Lipinski definition) is 2. The van der Waals surface area contributed by atoms with Gasteiger partial charge in [-0.2, -0.15) is 0 Å². The lowest BCUT2D eigenvalue weighted by Crippen LogP contribution is -2.33. The number of benzene rings is 1. The van der Waals surface area contributed by atoms with Crippen LogP contribution in [-0.4, -0.2) is 22.0 Å². The fourth-order valence-electron chi connectivity index (χ4n) is 2.08. The van der Waals surface area contributed by atoms with Gasteiger partial charge in [0, 0.05) is 24.5 Å². The summed E-state index contributed by atoms with van der Waals surface area (Å²) in [6, 6.07) is 2.74. The Bertz CT molecular complexity index is 591. The van der Waals surface area contributed by atoms with Crippen LogP contribution in [0, 0.1) is 0 Å². The van der Waals surface area contributed by atoms with E-state index < -0.39 is 4.92 Å². The molecule has 2 aliphatic rings. The summed E-state index contributed by atoms with van der Waals surface area (Å²) in [5.74, 6) is -0.365. The Hall–Kier alpha value is -1.96. The molecule has 1 aromatic carbocycles. The number of Topliss-reactive ketones (excluding diaryl/α,β-unsaturated/α-hetero) is 2. The van der Waals surface area contributed by atoms with E-state index >= 15 is 0 Å². The molecule has 86 valence electrons. The molecule has 0 unspecified atom stereocenters. The normalized spacial score (nSPS) is 20.4. The van der Waals surface area contributed by atoms with Crippen LogP contribution in [0.5, 0.6) is 0 Å². The average molecular weight is 234 g/mol. The van der Waals surface area contributed by atoms with Crippen molar-refractivity contribution in [3.63, 3.8) is 0 Å². The molecule has 0 bridgehead atoms. The lowest BCUT2D eigenvalue weighted by atomic mass is 9.88. The van der Waals surface area contributed by atoms with Gasteiger partial charge in [0.1, 0.15) is 10.1 Å². The van der Waals surface area contributed by atoms with Crippen LogP contribution < -0.4 is 4.92 Å². The molecule has 7 heteroatoms. The molecule has 0 radical (unpaired) electrons. The van der Waals surface area contributed by atoms with E-state index in [0.29, 0.717) is 0 Å². The maximum Gasteiger partial charge on any atom is 0.260 e. The Morgan fingerprint density at radius 3 is 2.59 bits per heavy atom. The van der Waals surface area contributed by atoms with Crippen LogP contribution in [0.1, 0.15) is 33.6 Å². The average Bonchev–Trinajstić information content (AvgIpc) is 2.60. The minimum Gasteiger partial charge on any atom is -0.294 e. The van der Waals surface area contributed by atoms with Crippen molar-refractivity contribution in [2.45, 2.75) is 12.8 Å². The first-order valence-corrected chi connectivity index (χ1v) is 5.02. The Kier molecular flexibility index (Phi) is 1.82. The van der Waals surface area contributed by atoms with Crippen LogP contribution in [0.15, 0.2) is 22.5 Å². The summed E-state index contributed by atoms with van der Waals surface area (Å²) in [6.45, 7) is 0. The SMILES string of the molecule is O=C1CCC(=O)c2c1ccc1c2N=N[N+]1(O)O. The highest BCUT2D eigenvalue weighted by Crippen LogP contribution is 2.43. The van der Waals surface area contributed by atoms with Crippen LogP contribution in [-0.2, 0) is 0 Å². The number of rotatable bonds is 0. The van der Waals surface area contributed by atoms with E-state index in [-0.39, 0.29) is 46.9 Å². The molecule has 0 amide bonds. The van der Waals surface area contributed by atoms with E-state index in [2.05, 4.69) is 10.3 Å². The number of carbonyl (C=O) groups excluding carboxylic acids is 2.